The molecule has 156 valence electrons. The van der Waals surface area contributed by atoms with Crippen LogP contribution in [0.4, 0.5) is 0 Å². The number of hydrogen-bond acceptors (Lipinski definition) is 4. The number of allylic oxidation sites excluding steroid dienone is 4. The van der Waals surface area contributed by atoms with E-state index in [1.54, 1.807) is 31.4 Å². The lowest BCUT2D eigenvalue weighted by Crippen LogP contribution is -2.24. The van der Waals surface area contributed by atoms with Crippen LogP contribution in [-0.2, 0) is 6.42 Å². The number of carbonyl (C=O) groups excluding carboxylic acids is 1. The first-order valence-corrected chi connectivity index (χ1v) is 10.7. The van der Waals surface area contributed by atoms with Gasteiger partial charge in [0.25, 0.3) is 5.91 Å². The summed E-state index contributed by atoms with van der Waals surface area (Å²) in [6.07, 6.45) is 6.83. The summed E-state index contributed by atoms with van der Waals surface area (Å²) >= 11 is 0. The third-order valence-corrected chi connectivity index (χ3v) is 6.05. The van der Waals surface area contributed by atoms with E-state index in [1.165, 1.54) is 16.7 Å². The second kappa shape index (κ2) is 7.91. The first kappa shape index (κ1) is 19.4. The highest BCUT2D eigenvalue weighted by Gasteiger charge is 2.33. The monoisotopic (exact) mass is 412 g/mol. The molecule has 1 aliphatic carbocycles. The van der Waals surface area contributed by atoms with Crippen LogP contribution in [0.25, 0.3) is 22.4 Å². The van der Waals surface area contributed by atoms with E-state index in [0.29, 0.717) is 16.9 Å². The van der Waals surface area contributed by atoms with Crippen molar-refractivity contribution in [1.29, 1.82) is 0 Å². The Morgan fingerprint density at radius 3 is 2.45 bits per heavy atom. The van der Waals surface area contributed by atoms with E-state index < -0.39 is 0 Å². The maximum Gasteiger partial charge on any atom is 0.282 e. The molecule has 0 bridgehead atoms. The lowest BCUT2D eigenvalue weighted by molar-refractivity contribution is 0.0953. The van der Waals surface area contributed by atoms with Gasteiger partial charge in [0.05, 0.1) is 18.4 Å². The summed E-state index contributed by atoms with van der Waals surface area (Å²) in [4.78, 5) is 13.5. The number of nitrogens with zero attached hydrogens (tertiary/aromatic N) is 2. The van der Waals surface area contributed by atoms with Gasteiger partial charge >= 0.3 is 0 Å². The first-order chi connectivity index (χ1) is 15.2. The van der Waals surface area contributed by atoms with Gasteiger partial charge in [0.1, 0.15) is 17.2 Å². The van der Waals surface area contributed by atoms with Crippen LogP contribution >= 0.6 is 0 Å². The third kappa shape index (κ3) is 3.36. The molecule has 0 spiro atoms. The molecule has 1 N–H and O–H groups in total. The number of hydrogen-bond donors (Lipinski definition) is 1. The topological polar surface area (TPSA) is 64.3 Å². The van der Waals surface area contributed by atoms with Crippen molar-refractivity contribution in [1.82, 2.24) is 9.78 Å². The average molecular weight is 412 g/mol. The molecule has 2 heterocycles. The molecular weight excluding hydrogens is 388 g/mol. The van der Waals surface area contributed by atoms with Gasteiger partial charge in [-0.1, -0.05) is 48.5 Å². The zero-order valence-electron chi connectivity index (χ0n) is 17.5. The lowest BCUT2D eigenvalue weighted by Gasteiger charge is -2.20. The second-order valence-corrected chi connectivity index (χ2v) is 7.96. The predicted octanol–water partition coefficient (Wildman–Crippen LogP) is 5.68. The van der Waals surface area contributed by atoms with Crippen molar-refractivity contribution >= 4 is 17.1 Å². The van der Waals surface area contributed by atoms with Crippen LogP contribution in [0.1, 0.15) is 47.3 Å². The SMILES string of the molecule is COc1ccc(C2=C(O)Cc3c(C4=CCCCC4)c(-c4ccccc4)nn3C2=O)cc1. The third-order valence-electron chi connectivity index (χ3n) is 6.05. The summed E-state index contributed by atoms with van der Waals surface area (Å²) in [5.41, 5.74) is 5.72. The molecule has 2 aliphatic rings. The van der Waals surface area contributed by atoms with Gasteiger partial charge in [-0.3, -0.25) is 4.79 Å². The van der Waals surface area contributed by atoms with Crippen molar-refractivity contribution in [2.45, 2.75) is 32.1 Å². The number of aromatic nitrogens is 2. The first-order valence-electron chi connectivity index (χ1n) is 10.7. The molecule has 0 saturated carbocycles. The Morgan fingerprint density at radius 2 is 1.77 bits per heavy atom. The zero-order chi connectivity index (χ0) is 21.4. The van der Waals surface area contributed by atoms with Crippen LogP contribution < -0.4 is 4.74 Å². The molecule has 0 saturated heterocycles. The smallest absolute Gasteiger partial charge is 0.282 e. The fourth-order valence-electron chi connectivity index (χ4n) is 4.51. The predicted molar refractivity (Wildman–Crippen MR) is 121 cm³/mol. The van der Waals surface area contributed by atoms with Crippen molar-refractivity contribution in [2.75, 3.05) is 7.11 Å². The van der Waals surface area contributed by atoms with Gasteiger partial charge in [0, 0.05) is 17.5 Å². The van der Waals surface area contributed by atoms with E-state index in [9.17, 15) is 9.90 Å². The quantitative estimate of drug-likeness (QED) is 0.599. The maximum absolute atomic E-state index is 13.5. The number of rotatable bonds is 4. The molecule has 0 unspecified atom stereocenters. The van der Waals surface area contributed by atoms with Crippen LogP contribution in [-0.4, -0.2) is 27.9 Å². The molecular formula is C26H24N2O3. The largest absolute Gasteiger partial charge is 0.511 e. The summed E-state index contributed by atoms with van der Waals surface area (Å²) in [6.45, 7) is 0. The molecule has 1 aromatic heterocycles. The summed E-state index contributed by atoms with van der Waals surface area (Å²) in [6, 6.07) is 17.1. The fraction of sp³-hybridized carbons (Fsp3) is 0.231. The highest BCUT2D eigenvalue weighted by Crippen LogP contribution is 2.40. The molecule has 5 heteroatoms. The number of carbonyl (C=O) groups is 1. The molecule has 3 aromatic rings. The summed E-state index contributed by atoms with van der Waals surface area (Å²) in [7, 11) is 1.60. The van der Waals surface area contributed by atoms with Crippen molar-refractivity contribution in [3.63, 3.8) is 0 Å². The Kier molecular flexibility index (Phi) is 4.94. The van der Waals surface area contributed by atoms with Gasteiger partial charge < -0.3 is 9.84 Å². The van der Waals surface area contributed by atoms with Crippen LogP contribution in [0.15, 0.2) is 66.4 Å². The number of benzene rings is 2. The Labute approximate surface area is 181 Å². The van der Waals surface area contributed by atoms with Crippen LogP contribution in [0, 0.1) is 0 Å². The molecule has 31 heavy (non-hydrogen) atoms. The highest BCUT2D eigenvalue weighted by atomic mass is 16.5. The van der Waals surface area contributed by atoms with E-state index in [2.05, 4.69) is 6.08 Å². The average Bonchev–Trinajstić information content (AvgIpc) is 3.20. The van der Waals surface area contributed by atoms with Crippen molar-refractivity contribution < 1.29 is 14.6 Å². The Morgan fingerprint density at radius 1 is 1.00 bits per heavy atom. The van der Waals surface area contributed by atoms with Gasteiger partial charge in [-0.15, -0.1) is 0 Å². The van der Waals surface area contributed by atoms with Crippen LogP contribution in [0.2, 0.25) is 0 Å². The van der Waals surface area contributed by atoms with E-state index >= 15 is 0 Å². The van der Waals surface area contributed by atoms with E-state index in [1.807, 2.05) is 30.3 Å². The van der Waals surface area contributed by atoms with Crippen molar-refractivity contribution in [3.8, 4) is 17.0 Å². The van der Waals surface area contributed by atoms with Crippen molar-refractivity contribution in [3.05, 3.63) is 83.3 Å². The maximum atomic E-state index is 13.5. The van der Waals surface area contributed by atoms with Gasteiger partial charge in [-0.2, -0.15) is 9.78 Å². The number of fused-ring (bicyclic) bond motifs is 1. The number of aliphatic hydroxyl groups excluding tert-OH is 1. The molecule has 0 amide bonds. The van der Waals surface area contributed by atoms with E-state index in [0.717, 1.165) is 41.8 Å². The number of aliphatic hydroxyl groups is 1. The summed E-state index contributed by atoms with van der Waals surface area (Å²) < 4.78 is 6.71. The Hall–Kier alpha value is -3.60. The molecule has 0 atom stereocenters. The van der Waals surface area contributed by atoms with Gasteiger partial charge in [-0.05, 0) is 49.0 Å². The van der Waals surface area contributed by atoms with E-state index in [-0.39, 0.29) is 18.1 Å². The summed E-state index contributed by atoms with van der Waals surface area (Å²) in [5, 5.41) is 15.7. The van der Waals surface area contributed by atoms with E-state index in [4.69, 9.17) is 9.84 Å². The normalized spacial score (nSPS) is 16.2. The zero-order valence-corrected chi connectivity index (χ0v) is 17.5. The number of methoxy groups -OCH3 is 1. The molecule has 0 radical (unpaired) electrons. The summed E-state index contributed by atoms with van der Waals surface area (Å²) in [5.74, 6) is 0.480. The minimum atomic E-state index is -0.302. The Balaban J connectivity index is 1.65. The lowest BCUT2D eigenvalue weighted by atomic mass is 9.88. The fourth-order valence-corrected chi connectivity index (χ4v) is 4.51. The molecule has 2 aromatic carbocycles. The molecule has 5 nitrogen and oxygen atoms in total. The van der Waals surface area contributed by atoms with Crippen LogP contribution in [0.3, 0.4) is 0 Å². The standard InChI is InChI=1S/C26H24N2O3/c1-31-20-14-12-18(13-15-20)24-22(29)16-21-23(17-8-4-2-5-9-17)25(27-28(21)26(24)30)19-10-6-3-7-11-19/h3,6-8,10-15,29H,2,4-5,9,16H2,1H3. The minimum Gasteiger partial charge on any atom is -0.511 e. The highest BCUT2D eigenvalue weighted by molar-refractivity contribution is 6.22. The van der Waals surface area contributed by atoms with Crippen molar-refractivity contribution in [2.24, 2.45) is 0 Å². The van der Waals surface area contributed by atoms with Gasteiger partial charge in [0.2, 0.25) is 0 Å². The Bertz CT molecular complexity index is 1200. The van der Waals surface area contributed by atoms with Gasteiger partial charge in [-0.25, -0.2) is 0 Å². The molecule has 0 fully saturated rings. The number of ether oxygens (including phenoxy) is 1. The van der Waals surface area contributed by atoms with Crippen LogP contribution in [0.5, 0.6) is 5.75 Å². The minimum absolute atomic E-state index is 0.0832. The van der Waals surface area contributed by atoms with Gasteiger partial charge in [0.15, 0.2) is 0 Å². The molecule has 1 aliphatic heterocycles. The molecule has 5 rings (SSSR count). The second-order valence-electron chi connectivity index (χ2n) is 7.96.